The number of carbonyl (C=O) groups is 2. The number of methoxy groups -OCH3 is 2. The van der Waals surface area contributed by atoms with E-state index in [9.17, 15) is 22.4 Å². The van der Waals surface area contributed by atoms with Gasteiger partial charge >= 0.3 is 5.97 Å². The van der Waals surface area contributed by atoms with Crippen molar-refractivity contribution in [2.45, 2.75) is 43.0 Å². The highest BCUT2D eigenvalue weighted by atomic mass is 32.2. The SMILES string of the molecule is COC(=O)CC(NC(=O)c1cc(S(=O)(=O)N2CCCCCC2)ccc1OC)c1ccc(F)cc1. The Kier molecular flexibility index (Phi) is 8.62. The minimum absolute atomic E-state index is 0.00773. The van der Waals surface area contributed by atoms with Crippen molar-refractivity contribution in [1.29, 1.82) is 0 Å². The van der Waals surface area contributed by atoms with Crippen LogP contribution in [-0.4, -0.2) is 51.9 Å². The van der Waals surface area contributed by atoms with E-state index in [-0.39, 0.29) is 22.6 Å². The minimum Gasteiger partial charge on any atom is -0.496 e. The van der Waals surface area contributed by atoms with E-state index in [1.54, 1.807) is 0 Å². The summed E-state index contributed by atoms with van der Waals surface area (Å²) in [6.07, 6.45) is 3.34. The molecule has 0 aromatic heterocycles. The standard InChI is InChI=1S/C24H29FN2O6S/c1-32-22-12-11-19(34(30,31)27-13-5-3-4-6-14-27)15-20(22)24(29)26-21(16-23(28)33-2)17-7-9-18(25)10-8-17/h7-12,15,21H,3-6,13-14,16H2,1-2H3,(H,26,29). The molecule has 0 aliphatic carbocycles. The lowest BCUT2D eigenvalue weighted by Crippen LogP contribution is -2.33. The number of halogens is 1. The average Bonchev–Trinajstić information content (AvgIpc) is 3.14. The van der Waals surface area contributed by atoms with Crippen LogP contribution in [0.1, 0.15) is 54.1 Å². The molecule has 8 nitrogen and oxygen atoms in total. The summed E-state index contributed by atoms with van der Waals surface area (Å²) >= 11 is 0. The third-order valence-electron chi connectivity index (χ3n) is 5.79. The van der Waals surface area contributed by atoms with Crippen molar-refractivity contribution in [3.05, 3.63) is 59.4 Å². The molecule has 1 aliphatic rings. The molecule has 1 heterocycles. The van der Waals surface area contributed by atoms with E-state index in [1.165, 1.54) is 61.0 Å². The molecule has 1 atom stereocenters. The van der Waals surface area contributed by atoms with Crippen LogP contribution >= 0.6 is 0 Å². The molecule has 1 unspecified atom stereocenters. The molecule has 1 amide bonds. The predicted octanol–water partition coefficient (Wildman–Crippen LogP) is 3.43. The van der Waals surface area contributed by atoms with E-state index < -0.39 is 33.8 Å². The molecule has 3 rings (SSSR count). The Morgan fingerprint density at radius 2 is 1.68 bits per heavy atom. The summed E-state index contributed by atoms with van der Waals surface area (Å²) in [5.41, 5.74) is 0.503. The van der Waals surface area contributed by atoms with E-state index in [4.69, 9.17) is 9.47 Å². The maximum atomic E-state index is 13.4. The van der Waals surface area contributed by atoms with Crippen molar-refractivity contribution >= 4 is 21.9 Å². The largest absolute Gasteiger partial charge is 0.496 e. The molecule has 2 aromatic carbocycles. The summed E-state index contributed by atoms with van der Waals surface area (Å²) in [6, 6.07) is 8.68. The lowest BCUT2D eigenvalue weighted by atomic mass is 10.0. The van der Waals surface area contributed by atoms with E-state index in [2.05, 4.69) is 5.32 Å². The highest BCUT2D eigenvalue weighted by molar-refractivity contribution is 7.89. The molecule has 34 heavy (non-hydrogen) atoms. The maximum absolute atomic E-state index is 13.4. The summed E-state index contributed by atoms with van der Waals surface area (Å²) in [7, 11) is -1.19. The number of carbonyl (C=O) groups excluding carboxylic acids is 2. The molecule has 0 saturated carbocycles. The quantitative estimate of drug-likeness (QED) is 0.567. The van der Waals surface area contributed by atoms with Crippen LogP contribution < -0.4 is 10.1 Å². The number of nitrogens with zero attached hydrogens (tertiary/aromatic N) is 1. The molecule has 1 fully saturated rings. The summed E-state index contributed by atoms with van der Waals surface area (Å²) in [5.74, 6) is -1.48. The molecular formula is C24H29FN2O6S. The molecule has 0 spiro atoms. The zero-order chi connectivity index (χ0) is 24.7. The van der Waals surface area contributed by atoms with Crippen LogP contribution in [0.4, 0.5) is 4.39 Å². The molecule has 1 aliphatic heterocycles. The Labute approximate surface area is 199 Å². The number of esters is 1. The molecule has 1 saturated heterocycles. The maximum Gasteiger partial charge on any atom is 0.307 e. The minimum atomic E-state index is -3.79. The second kappa shape index (κ2) is 11.4. The molecule has 1 N–H and O–H groups in total. The highest BCUT2D eigenvalue weighted by Gasteiger charge is 2.28. The van der Waals surface area contributed by atoms with Crippen LogP contribution in [0.3, 0.4) is 0 Å². The van der Waals surface area contributed by atoms with Crippen LogP contribution in [0, 0.1) is 5.82 Å². The number of hydrogen-bond donors (Lipinski definition) is 1. The molecular weight excluding hydrogens is 463 g/mol. The number of ether oxygens (including phenoxy) is 2. The molecule has 184 valence electrons. The first kappa shape index (κ1) is 25.6. The van der Waals surface area contributed by atoms with Gasteiger partial charge in [-0.15, -0.1) is 0 Å². The Balaban J connectivity index is 1.92. The van der Waals surface area contributed by atoms with Gasteiger partial charge in [0.2, 0.25) is 10.0 Å². The molecule has 10 heteroatoms. The monoisotopic (exact) mass is 492 g/mol. The van der Waals surface area contributed by atoms with Crippen molar-refractivity contribution in [2.75, 3.05) is 27.3 Å². The Hall–Kier alpha value is -2.98. The van der Waals surface area contributed by atoms with Gasteiger partial charge < -0.3 is 14.8 Å². The van der Waals surface area contributed by atoms with Gasteiger partial charge in [0.25, 0.3) is 5.91 Å². The average molecular weight is 493 g/mol. The van der Waals surface area contributed by atoms with Gasteiger partial charge in [0.1, 0.15) is 11.6 Å². The zero-order valence-electron chi connectivity index (χ0n) is 19.3. The lowest BCUT2D eigenvalue weighted by molar-refractivity contribution is -0.141. The van der Waals surface area contributed by atoms with E-state index in [1.807, 2.05) is 0 Å². The van der Waals surface area contributed by atoms with E-state index >= 15 is 0 Å². The van der Waals surface area contributed by atoms with Gasteiger partial charge in [0.05, 0.1) is 37.1 Å². The van der Waals surface area contributed by atoms with Crippen molar-refractivity contribution in [3.8, 4) is 5.75 Å². The van der Waals surface area contributed by atoms with Crippen molar-refractivity contribution in [1.82, 2.24) is 9.62 Å². The fraction of sp³-hybridized carbons (Fsp3) is 0.417. The van der Waals surface area contributed by atoms with Crippen molar-refractivity contribution in [2.24, 2.45) is 0 Å². The van der Waals surface area contributed by atoms with Gasteiger partial charge in [-0.1, -0.05) is 25.0 Å². The second-order valence-electron chi connectivity index (χ2n) is 8.04. The van der Waals surface area contributed by atoms with Crippen molar-refractivity contribution in [3.63, 3.8) is 0 Å². The number of sulfonamides is 1. The van der Waals surface area contributed by atoms with Crippen molar-refractivity contribution < 1.29 is 31.9 Å². The first-order chi connectivity index (χ1) is 16.3. The number of rotatable bonds is 8. The summed E-state index contributed by atoms with van der Waals surface area (Å²) in [6.45, 7) is 0.864. The summed E-state index contributed by atoms with van der Waals surface area (Å²) < 4.78 is 51.3. The smallest absolute Gasteiger partial charge is 0.307 e. The summed E-state index contributed by atoms with van der Waals surface area (Å²) in [4.78, 5) is 25.2. The molecule has 0 radical (unpaired) electrons. The fourth-order valence-corrected chi connectivity index (χ4v) is 5.43. The van der Waals surface area contributed by atoms with E-state index in [0.717, 1.165) is 25.7 Å². The van der Waals surface area contributed by atoms with Gasteiger partial charge in [-0.2, -0.15) is 4.31 Å². The number of nitrogens with one attached hydrogen (secondary N) is 1. The second-order valence-corrected chi connectivity index (χ2v) is 9.98. The van der Waals surface area contributed by atoms with Crippen LogP contribution in [0.2, 0.25) is 0 Å². The third-order valence-corrected chi connectivity index (χ3v) is 7.69. The topological polar surface area (TPSA) is 102 Å². The van der Waals surface area contributed by atoms with Gasteiger partial charge in [-0.3, -0.25) is 9.59 Å². The van der Waals surface area contributed by atoms with Gasteiger partial charge in [0.15, 0.2) is 0 Å². The number of benzene rings is 2. The highest BCUT2D eigenvalue weighted by Crippen LogP contribution is 2.27. The Morgan fingerprint density at radius 1 is 1.03 bits per heavy atom. The first-order valence-corrected chi connectivity index (χ1v) is 12.5. The van der Waals surface area contributed by atoms with Crippen LogP contribution in [-0.2, 0) is 19.6 Å². The lowest BCUT2D eigenvalue weighted by Gasteiger charge is -2.22. The van der Waals surface area contributed by atoms with Gasteiger partial charge in [-0.25, -0.2) is 12.8 Å². The number of hydrogen-bond acceptors (Lipinski definition) is 6. The van der Waals surface area contributed by atoms with Crippen LogP contribution in [0.25, 0.3) is 0 Å². The van der Waals surface area contributed by atoms with Gasteiger partial charge in [-0.05, 0) is 48.7 Å². The fourth-order valence-electron chi connectivity index (χ4n) is 3.89. The Bertz CT molecular complexity index is 1110. The third kappa shape index (κ3) is 6.12. The molecule has 2 aromatic rings. The normalized spacial score (nSPS) is 15.7. The summed E-state index contributed by atoms with van der Waals surface area (Å²) in [5, 5.41) is 2.73. The molecule has 0 bridgehead atoms. The van der Waals surface area contributed by atoms with Crippen LogP contribution in [0.5, 0.6) is 5.75 Å². The first-order valence-electron chi connectivity index (χ1n) is 11.1. The Morgan fingerprint density at radius 3 is 2.26 bits per heavy atom. The van der Waals surface area contributed by atoms with Crippen LogP contribution in [0.15, 0.2) is 47.4 Å². The zero-order valence-corrected chi connectivity index (χ0v) is 20.1. The number of amides is 1. The van der Waals surface area contributed by atoms with Gasteiger partial charge in [0, 0.05) is 13.1 Å². The predicted molar refractivity (Wildman–Crippen MR) is 123 cm³/mol. The van der Waals surface area contributed by atoms with E-state index in [0.29, 0.717) is 18.7 Å².